The van der Waals surface area contributed by atoms with E-state index in [1.807, 2.05) is 30.3 Å². The first-order chi connectivity index (χ1) is 11.1. The fourth-order valence-electron chi connectivity index (χ4n) is 2.07. The van der Waals surface area contributed by atoms with E-state index in [1.54, 1.807) is 0 Å². The van der Waals surface area contributed by atoms with Crippen LogP contribution >= 0.6 is 36.2 Å². The Labute approximate surface area is 149 Å². The molecular formula is C16H16N2O2S3. The first kappa shape index (κ1) is 16.3. The average molecular weight is 365 g/mol. The van der Waals surface area contributed by atoms with Crippen molar-refractivity contribution in [3.8, 4) is 10.4 Å². The molecule has 3 rings (SSSR count). The number of methoxy groups -OCH3 is 1. The minimum atomic E-state index is -0.380. The number of rotatable bonds is 4. The summed E-state index contributed by atoms with van der Waals surface area (Å²) in [7, 11) is 1.37. The van der Waals surface area contributed by atoms with E-state index in [-0.39, 0.29) is 5.97 Å². The summed E-state index contributed by atoms with van der Waals surface area (Å²) in [5.74, 6) is -0.380. The number of anilines is 1. The van der Waals surface area contributed by atoms with Crippen molar-refractivity contribution >= 4 is 52.3 Å². The third-order valence-electron chi connectivity index (χ3n) is 3.43. The predicted molar refractivity (Wildman–Crippen MR) is 101 cm³/mol. The van der Waals surface area contributed by atoms with Crippen molar-refractivity contribution in [2.45, 2.75) is 23.8 Å². The lowest BCUT2D eigenvalue weighted by Gasteiger charge is -2.09. The molecule has 7 heteroatoms. The van der Waals surface area contributed by atoms with Crippen LogP contribution in [0.15, 0.2) is 35.2 Å². The van der Waals surface area contributed by atoms with Crippen LogP contribution in [-0.4, -0.2) is 24.2 Å². The molecule has 2 N–H and O–H groups in total. The van der Waals surface area contributed by atoms with Gasteiger partial charge in [-0.2, -0.15) is 0 Å². The lowest BCUT2D eigenvalue weighted by atomic mass is 10.1. The highest BCUT2D eigenvalue weighted by molar-refractivity contribution is 7.80. The van der Waals surface area contributed by atoms with E-state index >= 15 is 0 Å². The Bertz CT molecular complexity index is 736. The van der Waals surface area contributed by atoms with E-state index in [0.29, 0.717) is 21.7 Å². The van der Waals surface area contributed by atoms with E-state index < -0.39 is 0 Å². The van der Waals surface area contributed by atoms with Crippen molar-refractivity contribution in [1.29, 1.82) is 0 Å². The van der Waals surface area contributed by atoms with Gasteiger partial charge in [-0.05, 0) is 48.8 Å². The number of carbonyl (C=O) groups is 1. The second-order valence-corrected chi connectivity index (χ2v) is 7.24. The van der Waals surface area contributed by atoms with Gasteiger partial charge in [0.05, 0.1) is 12.7 Å². The van der Waals surface area contributed by atoms with E-state index in [2.05, 4.69) is 23.3 Å². The summed E-state index contributed by atoms with van der Waals surface area (Å²) in [6.45, 7) is 0. The van der Waals surface area contributed by atoms with E-state index in [1.165, 1.54) is 18.4 Å². The molecule has 0 amide bonds. The highest BCUT2D eigenvalue weighted by Gasteiger charge is 2.23. The van der Waals surface area contributed by atoms with Gasteiger partial charge >= 0.3 is 5.97 Å². The van der Waals surface area contributed by atoms with Crippen LogP contribution in [0.25, 0.3) is 10.4 Å². The van der Waals surface area contributed by atoms with E-state index in [4.69, 9.17) is 17.0 Å². The Morgan fingerprint density at radius 2 is 2.04 bits per heavy atom. The van der Waals surface area contributed by atoms with Crippen LogP contribution in [-0.2, 0) is 4.74 Å². The van der Waals surface area contributed by atoms with Gasteiger partial charge in [-0.15, -0.1) is 24.0 Å². The molecule has 0 aliphatic heterocycles. The van der Waals surface area contributed by atoms with Crippen LogP contribution in [0.1, 0.15) is 23.2 Å². The third kappa shape index (κ3) is 4.04. The molecule has 0 atom stereocenters. The zero-order valence-electron chi connectivity index (χ0n) is 12.5. The minimum absolute atomic E-state index is 0.380. The molecule has 0 unspecified atom stereocenters. The summed E-state index contributed by atoms with van der Waals surface area (Å²) >= 11 is 11.1. The van der Waals surface area contributed by atoms with Crippen molar-refractivity contribution in [3.63, 3.8) is 0 Å². The molecule has 1 aliphatic carbocycles. The molecule has 0 bridgehead atoms. The Hall–Kier alpha value is -1.57. The van der Waals surface area contributed by atoms with Gasteiger partial charge in [-0.3, -0.25) is 0 Å². The summed E-state index contributed by atoms with van der Waals surface area (Å²) in [5.41, 5.74) is 1.51. The summed E-state index contributed by atoms with van der Waals surface area (Å²) in [5, 5.41) is 7.56. The maximum absolute atomic E-state index is 12.0. The number of carbonyl (C=O) groups excluding carboxylic acids is 1. The number of thiophene rings is 1. The number of hydrogen-bond acceptors (Lipinski definition) is 5. The highest BCUT2D eigenvalue weighted by Crippen LogP contribution is 2.36. The zero-order valence-corrected chi connectivity index (χ0v) is 15.0. The maximum atomic E-state index is 12.0. The molecular weight excluding hydrogens is 348 g/mol. The van der Waals surface area contributed by atoms with Crippen molar-refractivity contribution in [2.24, 2.45) is 0 Å². The number of nitrogens with one attached hydrogen (secondary N) is 2. The van der Waals surface area contributed by atoms with Gasteiger partial charge in [0.2, 0.25) is 0 Å². The molecule has 2 aromatic rings. The number of thiol groups is 1. The topological polar surface area (TPSA) is 50.4 Å². The second kappa shape index (κ2) is 6.90. The van der Waals surface area contributed by atoms with Crippen LogP contribution in [0.3, 0.4) is 0 Å². The first-order valence-corrected chi connectivity index (χ1v) is 8.83. The third-order valence-corrected chi connectivity index (χ3v) is 5.05. The Morgan fingerprint density at radius 3 is 2.65 bits per heavy atom. The molecule has 0 saturated heterocycles. The fourth-order valence-corrected chi connectivity index (χ4v) is 3.60. The molecule has 4 nitrogen and oxygen atoms in total. The second-order valence-electron chi connectivity index (χ2n) is 5.26. The standard InChI is InChI=1S/C16H16N2O2S3/c1-20-15(19)12-8-13(9-2-6-11(21)7-3-9)23-14(12)18-16(22)17-10-4-5-10/h2-3,6-8,10,21H,4-5H2,1H3,(H2,17,18,22). The number of esters is 1. The number of thiocarbonyl (C=S) groups is 1. The van der Waals surface area contributed by atoms with E-state index in [0.717, 1.165) is 28.2 Å². The monoisotopic (exact) mass is 364 g/mol. The Morgan fingerprint density at radius 1 is 1.35 bits per heavy atom. The number of benzene rings is 1. The molecule has 1 fully saturated rings. The Balaban J connectivity index is 1.87. The summed E-state index contributed by atoms with van der Waals surface area (Å²) in [4.78, 5) is 13.9. The molecule has 1 aliphatic rings. The minimum Gasteiger partial charge on any atom is -0.465 e. The van der Waals surface area contributed by atoms with Gasteiger partial charge in [-0.1, -0.05) is 12.1 Å². The molecule has 1 aromatic heterocycles. The molecule has 1 saturated carbocycles. The molecule has 23 heavy (non-hydrogen) atoms. The summed E-state index contributed by atoms with van der Waals surface area (Å²) in [6, 6.07) is 10.1. The molecule has 120 valence electrons. The van der Waals surface area contributed by atoms with Crippen LogP contribution in [0.4, 0.5) is 5.00 Å². The lowest BCUT2D eigenvalue weighted by molar-refractivity contribution is 0.0602. The molecule has 1 heterocycles. The predicted octanol–water partition coefficient (Wildman–Crippen LogP) is 3.94. The molecule has 1 aromatic carbocycles. The van der Waals surface area contributed by atoms with Gasteiger partial charge in [0.1, 0.15) is 5.00 Å². The SMILES string of the molecule is COC(=O)c1cc(-c2ccc(S)cc2)sc1NC(=S)NC1CC1. The zero-order chi connectivity index (χ0) is 16.4. The van der Waals surface area contributed by atoms with Gasteiger partial charge in [-0.25, -0.2) is 4.79 Å². The van der Waals surface area contributed by atoms with Crippen molar-refractivity contribution < 1.29 is 9.53 Å². The van der Waals surface area contributed by atoms with Crippen LogP contribution < -0.4 is 10.6 Å². The first-order valence-electron chi connectivity index (χ1n) is 7.16. The normalized spacial score (nSPS) is 13.5. The maximum Gasteiger partial charge on any atom is 0.340 e. The quantitative estimate of drug-likeness (QED) is 0.436. The number of ether oxygens (including phenoxy) is 1. The van der Waals surface area contributed by atoms with Crippen molar-refractivity contribution in [1.82, 2.24) is 5.32 Å². The van der Waals surface area contributed by atoms with Crippen molar-refractivity contribution in [2.75, 3.05) is 12.4 Å². The van der Waals surface area contributed by atoms with Gasteiger partial charge in [0.25, 0.3) is 0 Å². The van der Waals surface area contributed by atoms with Gasteiger partial charge in [0, 0.05) is 15.8 Å². The molecule has 0 spiro atoms. The average Bonchev–Trinajstić information content (AvgIpc) is 3.25. The number of hydrogen-bond donors (Lipinski definition) is 3. The summed E-state index contributed by atoms with van der Waals surface area (Å²) < 4.78 is 4.87. The fraction of sp³-hybridized carbons (Fsp3) is 0.250. The molecule has 0 radical (unpaired) electrons. The van der Waals surface area contributed by atoms with Crippen LogP contribution in [0.5, 0.6) is 0 Å². The van der Waals surface area contributed by atoms with E-state index in [9.17, 15) is 4.79 Å². The van der Waals surface area contributed by atoms with Crippen LogP contribution in [0.2, 0.25) is 0 Å². The van der Waals surface area contributed by atoms with Gasteiger partial charge < -0.3 is 15.4 Å². The van der Waals surface area contributed by atoms with Gasteiger partial charge in [0.15, 0.2) is 5.11 Å². The van der Waals surface area contributed by atoms with Crippen molar-refractivity contribution in [3.05, 3.63) is 35.9 Å². The smallest absolute Gasteiger partial charge is 0.340 e. The summed E-state index contributed by atoms with van der Waals surface area (Å²) in [6.07, 6.45) is 2.27. The van der Waals surface area contributed by atoms with Crippen LogP contribution in [0, 0.1) is 0 Å². The highest BCUT2D eigenvalue weighted by atomic mass is 32.1. The Kier molecular flexibility index (Phi) is 4.89. The lowest BCUT2D eigenvalue weighted by Crippen LogP contribution is -2.30. The largest absolute Gasteiger partial charge is 0.465 e.